The van der Waals surface area contributed by atoms with Gasteiger partial charge in [-0.05, 0) is 31.5 Å². The summed E-state index contributed by atoms with van der Waals surface area (Å²) >= 11 is 3.10. The smallest absolute Gasteiger partial charge is 0.323 e. The van der Waals surface area contributed by atoms with E-state index < -0.39 is 12.8 Å². The Balaban J connectivity index is 0.000000891. The summed E-state index contributed by atoms with van der Waals surface area (Å²) in [5.74, 6) is 0. The lowest BCUT2D eigenvalue weighted by atomic mass is 10.1. The average molecular weight is 418 g/mol. The van der Waals surface area contributed by atoms with Crippen LogP contribution in [0.5, 0.6) is 0 Å². The zero-order valence-corrected chi connectivity index (χ0v) is 15.6. The molecule has 0 radical (unpaired) electrons. The Bertz CT molecular complexity index is 860. The van der Waals surface area contributed by atoms with Crippen LogP contribution in [0.15, 0.2) is 33.9 Å². The normalized spacial score (nSPS) is 11.9. The number of alkyl halides is 2. The molecule has 1 aromatic carbocycles. The van der Waals surface area contributed by atoms with E-state index in [1.807, 2.05) is 0 Å². The van der Waals surface area contributed by atoms with Crippen molar-refractivity contribution in [2.45, 2.75) is 12.6 Å². The molecule has 5 nitrogen and oxygen atoms in total. The number of hydrogen-bond donors (Lipinski definition) is 1. The Morgan fingerprint density at radius 1 is 1.42 bits per heavy atom. The Hall–Kier alpha value is -1.84. The summed E-state index contributed by atoms with van der Waals surface area (Å²) in [6.45, 7) is 3.53. The van der Waals surface area contributed by atoms with E-state index >= 15 is 0 Å². The molecule has 0 bridgehead atoms. The number of rotatable bonds is 3. The van der Waals surface area contributed by atoms with Gasteiger partial charge in [0.1, 0.15) is 0 Å². The number of aromatic nitrogens is 1. The molecule has 0 saturated carbocycles. The summed E-state index contributed by atoms with van der Waals surface area (Å²) < 4.78 is 40.7. The molecule has 0 spiro atoms. The van der Waals surface area contributed by atoms with Crippen LogP contribution < -0.4 is 0 Å². The number of pyridine rings is 1. The third kappa shape index (κ3) is 4.37. The molecule has 0 aliphatic rings. The Labute approximate surface area is 146 Å². The highest BCUT2D eigenvalue weighted by Gasteiger charge is 2.46. The number of hydrogen-bond acceptors (Lipinski definition) is 5. The van der Waals surface area contributed by atoms with Gasteiger partial charge in [0.05, 0.1) is 23.5 Å². The van der Waals surface area contributed by atoms with Crippen molar-refractivity contribution in [1.82, 2.24) is 4.98 Å². The molecule has 1 heterocycles. The molecule has 128 valence electrons. The molecule has 0 fully saturated rings. The van der Waals surface area contributed by atoms with Crippen LogP contribution >= 0.6 is 23.1 Å². The highest BCUT2D eigenvalue weighted by Crippen LogP contribution is 2.61. The van der Waals surface area contributed by atoms with Crippen LogP contribution in [0.1, 0.15) is 18.2 Å². The van der Waals surface area contributed by atoms with Gasteiger partial charge in [-0.25, -0.2) is 4.98 Å². The van der Waals surface area contributed by atoms with Crippen molar-refractivity contribution in [3.05, 3.63) is 40.0 Å². The molecule has 2 aromatic rings. The molecule has 0 atom stereocenters. The van der Waals surface area contributed by atoms with Crippen LogP contribution in [-0.4, -0.2) is 29.7 Å². The number of nitriles is 1. The van der Waals surface area contributed by atoms with Crippen molar-refractivity contribution in [3.8, 4) is 6.07 Å². The summed E-state index contributed by atoms with van der Waals surface area (Å²) in [6.07, 6.45) is 1.10. The number of fused-ring (bicyclic) bond motifs is 1. The van der Waals surface area contributed by atoms with Gasteiger partial charge in [0, 0.05) is 22.3 Å². The maximum atomic E-state index is 14.3. The molecular weight excluding hydrogens is 403 g/mol. The van der Waals surface area contributed by atoms with Crippen molar-refractivity contribution >= 4 is 40.2 Å². The second-order valence-electron chi connectivity index (χ2n) is 5.12. The molecule has 0 saturated heterocycles. The Kier molecular flexibility index (Phi) is 6.58. The third-order valence-electron chi connectivity index (χ3n) is 2.99. The third-order valence-corrected chi connectivity index (χ3v) is 5.24. The van der Waals surface area contributed by atoms with Crippen LogP contribution in [0.2, 0.25) is 0 Å². The first-order chi connectivity index (χ1) is 11.1. The number of nitrogens with zero attached hydrogens (tertiary/aromatic N) is 3. The van der Waals surface area contributed by atoms with Crippen LogP contribution in [0, 0.1) is 11.3 Å². The number of halogens is 3. The molecule has 1 N–H and O–H groups in total. The quantitative estimate of drug-likeness (QED) is 0.329. The van der Waals surface area contributed by atoms with E-state index in [1.54, 1.807) is 18.2 Å². The van der Waals surface area contributed by atoms with Crippen molar-refractivity contribution in [3.63, 3.8) is 0 Å². The largest absolute Gasteiger partial charge is 0.411 e. The molecule has 0 aliphatic heterocycles. The predicted octanol–water partition coefficient (Wildman–Crippen LogP) is 5.01. The molecule has 1 aromatic heterocycles. The van der Waals surface area contributed by atoms with Gasteiger partial charge in [-0.3, -0.25) is 0 Å². The average Bonchev–Trinajstić information content (AvgIpc) is 2.46. The first-order valence-electron chi connectivity index (χ1n) is 6.60. The maximum absolute atomic E-state index is 14.3. The first-order valence-corrected chi connectivity index (χ1v) is 9.99. The van der Waals surface area contributed by atoms with E-state index in [0.717, 1.165) is 19.5 Å². The topological polar surface area (TPSA) is 86.3 Å². The fourth-order valence-corrected chi connectivity index (χ4v) is 3.34. The zero-order chi connectivity index (χ0) is 18.5. The van der Waals surface area contributed by atoms with E-state index in [4.69, 9.17) is 10.5 Å². The summed E-state index contributed by atoms with van der Waals surface area (Å²) in [4.78, 5) is 4.11. The fourth-order valence-electron chi connectivity index (χ4n) is 1.81. The van der Waals surface area contributed by atoms with Crippen LogP contribution in [-0.2, 0) is 10.2 Å². The standard InChI is InChI=1S/C13H12BrF2N2O2P.C2H3N/c1-21(2,20)13(15,16)10-6-12-8(5-11(10)14)3-4-9(18-12)7-17-19;1-2-3/h3-7,19H,1-2H3;1H3/b17-7-;. The van der Waals surface area contributed by atoms with E-state index in [-0.39, 0.29) is 10.0 Å². The molecule has 2 rings (SSSR count). The van der Waals surface area contributed by atoms with Crippen molar-refractivity contribution < 1.29 is 18.6 Å². The van der Waals surface area contributed by atoms with Gasteiger partial charge in [-0.15, -0.1) is 0 Å². The molecule has 9 heteroatoms. The number of benzene rings is 1. The molecular formula is C15H15BrF2N3O2P. The first kappa shape index (κ1) is 20.2. The fraction of sp³-hybridized carbons (Fsp3) is 0.267. The second-order valence-corrected chi connectivity index (χ2v) is 9.24. The lowest BCUT2D eigenvalue weighted by Crippen LogP contribution is -2.14. The van der Waals surface area contributed by atoms with E-state index in [2.05, 4.69) is 26.1 Å². The van der Waals surface area contributed by atoms with Gasteiger partial charge in [0.15, 0.2) is 7.14 Å². The monoisotopic (exact) mass is 417 g/mol. The van der Waals surface area contributed by atoms with Crippen molar-refractivity contribution in [1.29, 1.82) is 5.26 Å². The predicted molar refractivity (Wildman–Crippen MR) is 93.5 cm³/mol. The molecule has 24 heavy (non-hydrogen) atoms. The summed E-state index contributed by atoms with van der Waals surface area (Å²) in [5, 5.41) is 19.3. The summed E-state index contributed by atoms with van der Waals surface area (Å²) in [7, 11) is -3.68. The molecule has 0 aliphatic carbocycles. The van der Waals surface area contributed by atoms with Gasteiger partial charge in [-0.1, -0.05) is 27.2 Å². The van der Waals surface area contributed by atoms with E-state index in [0.29, 0.717) is 16.6 Å². The lowest BCUT2D eigenvalue weighted by Gasteiger charge is -2.22. The van der Waals surface area contributed by atoms with Crippen molar-refractivity contribution in [2.24, 2.45) is 5.16 Å². The lowest BCUT2D eigenvalue weighted by molar-refractivity contribution is 0.0886. The number of oxime groups is 1. The van der Waals surface area contributed by atoms with Crippen molar-refractivity contribution in [2.75, 3.05) is 13.3 Å². The highest BCUT2D eigenvalue weighted by atomic mass is 79.9. The minimum atomic E-state index is -3.68. The Morgan fingerprint density at radius 3 is 2.50 bits per heavy atom. The molecule has 0 unspecified atom stereocenters. The summed E-state index contributed by atoms with van der Waals surface area (Å²) in [6, 6.07) is 7.72. The van der Waals surface area contributed by atoms with Gasteiger partial charge in [-0.2, -0.15) is 14.0 Å². The zero-order valence-electron chi connectivity index (χ0n) is 13.2. The van der Waals surface area contributed by atoms with Gasteiger partial charge < -0.3 is 9.77 Å². The highest BCUT2D eigenvalue weighted by molar-refractivity contribution is 9.10. The Morgan fingerprint density at radius 2 is 2.00 bits per heavy atom. The van der Waals surface area contributed by atoms with Crippen LogP contribution in [0.4, 0.5) is 8.78 Å². The molecule has 0 amide bonds. The van der Waals surface area contributed by atoms with Crippen LogP contribution in [0.25, 0.3) is 10.9 Å². The summed E-state index contributed by atoms with van der Waals surface area (Å²) in [5.41, 5.74) is -3.19. The van der Waals surface area contributed by atoms with E-state index in [9.17, 15) is 13.3 Å². The SMILES string of the molecule is CC#N.CP(C)(=O)C(F)(F)c1cc2nc(/C=N\O)ccc2cc1Br. The van der Waals surface area contributed by atoms with Gasteiger partial charge >= 0.3 is 5.66 Å². The van der Waals surface area contributed by atoms with Gasteiger partial charge in [0.25, 0.3) is 0 Å². The maximum Gasteiger partial charge on any atom is 0.323 e. The van der Waals surface area contributed by atoms with E-state index in [1.165, 1.54) is 19.1 Å². The van der Waals surface area contributed by atoms with Crippen LogP contribution in [0.3, 0.4) is 0 Å². The minimum Gasteiger partial charge on any atom is -0.411 e. The second kappa shape index (κ2) is 7.82. The minimum absolute atomic E-state index is 0.175. The van der Waals surface area contributed by atoms with Gasteiger partial charge in [0.2, 0.25) is 0 Å².